The van der Waals surface area contributed by atoms with E-state index in [4.69, 9.17) is 5.11 Å². The van der Waals surface area contributed by atoms with Gasteiger partial charge in [-0.25, -0.2) is 4.79 Å². The summed E-state index contributed by atoms with van der Waals surface area (Å²) in [5.41, 5.74) is 0.547. The van der Waals surface area contributed by atoms with Gasteiger partial charge in [-0.2, -0.15) is 0 Å². The van der Waals surface area contributed by atoms with Crippen molar-refractivity contribution in [1.82, 2.24) is 0 Å². The number of hydrogen-bond donors (Lipinski definition) is 3. The number of carboxylic acid groups (broad SMARTS) is 1. The zero-order valence-electron chi connectivity index (χ0n) is 8.82. The largest absolute Gasteiger partial charge is 0.478 e. The van der Waals surface area contributed by atoms with Crippen molar-refractivity contribution in [2.75, 3.05) is 0 Å². The molecule has 0 aromatic carbocycles. The van der Waals surface area contributed by atoms with Gasteiger partial charge in [-0.05, 0) is 25.8 Å². The molecule has 0 fully saturated rings. The quantitative estimate of drug-likeness (QED) is 0.579. The fourth-order valence-electron chi connectivity index (χ4n) is 1.02. The van der Waals surface area contributed by atoms with Crippen LogP contribution in [0.4, 0.5) is 0 Å². The highest BCUT2D eigenvalue weighted by Gasteiger charge is 2.16. The Morgan fingerprint density at radius 2 is 1.79 bits per heavy atom. The standard InChI is InChI=1S/C10H18O4/c1-4-8(11)5-9(12)6(2)7(3)10(13)14/h8-9,11-12H,4-5H2,1-3H3,(H,13,14). The fraction of sp³-hybridized carbons (Fsp3) is 0.700. The van der Waals surface area contributed by atoms with Gasteiger partial charge >= 0.3 is 5.97 Å². The maximum absolute atomic E-state index is 10.6. The lowest BCUT2D eigenvalue weighted by atomic mass is 10.00. The number of hydrogen-bond acceptors (Lipinski definition) is 3. The lowest BCUT2D eigenvalue weighted by Crippen LogP contribution is -2.20. The van der Waals surface area contributed by atoms with Gasteiger partial charge < -0.3 is 15.3 Å². The summed E-state index contributed by atoms with van der Waals surface area (Å²) >= 11 is 0. The Labute approximate surface area is 83.9 Å². The molecule has 0 saturated heterocycles. The number of rotatable bonds is 5. The summed E-state index contributed by atoms with van der Waals surface area (Å²) in [5.74, 6) is -1.03. The highest BCUT2D eigenvalue weighted by atomic mass is 16.4. The molecule has 4 heteroatoms. The van der Waals surface area contributed by atoms with Crippen molar-refractivity contribution >= 4 is 5.97 Å². The summed E-state index contributed by atoms with van der Waals surface area (Å²) in [6, 6.07) is 0. The minimum absolute atomic E-state index is 0.140. The average Bonchev–Trinajstić information content (AvgIpc) is 2.14. The van der Waals surface area contributed by atoms with Crippen LogP contribution in [-0.2, 0) is 4.79 Å². The van der Waals surface area contributed by atoms with Crippen LogP contribution in [0.15, 0.2) is 11.1 Å². The molecule has 4 nitrogen and oxygen atoms in total. The van der Waals surface area contributed by atoms with Gasteiger partial charge in [0.15, 0.2) is 0 Å². The molecule has 0 aromatic rings. The van der Waals surface area contributed by atoms with Crippen LogP contribution in [0, 0.1) is 0 Å². The molecule has 82 valence electrons. The first-order valence-corrected chi connectivity index (χ1v) is 4.66. The van der Waals surface area contributed by atoms with E-state index in [0.29, 0.717) is 12.0 Å². The zero-order chi connectivity index (χ0) is 11.3. The topological polar surface area (TPSA) is 77.8 Å². The Morgan fingerprint density at radius 1 is 1.29 bits per heavy atom. The number of aliphatic hydroxyl groups excluding tert-OH is 2. The molecule has 3 N–H and O–H groups in total. The van der Waals surface area contributed by atoms with Crippen molar-refractivity contribution < 1.29 is 20.1 Å². The molecule has 2 unspecified atom stereocenters. The molecule has 14 heavy (non-hydrogen) atoms. The molecule has 0 rings (SSSR count). The van der Waals surface area contributed by atoms with Gasteiger partial charge in [0, 0.05) is 12.0 Å². The molecule has 0 aromatic heterocycles. The maximum atomic E-state index is 10.6. The van der Waals surface area contributed by atoms with Gasteiger partial charge in [0.2, 0.25) is 0 Å². The van der Waals surface area contributed by atoms with Crippen molar-refractivity contribution in [3.63, 3.8) is 0 Å². The summed E-state index contributed by atoms with van der Waals surface area (Å²) in [7, 11) is 0. The first-order valence-electron chi connectivity index (χ1n) is 4.66. The van der Waals surface area contributed by atoms with Gasteiger partial charge in [0.05, 0.1) is 12.2 Å². The second kappa shape index (κ2) is 5.78. The first-order chi connectivity index (χ1) is 6.40. The van der Waals surface area contributed by atoms with Crippen LogP contribution in [-0.4, -0.2) is 33.5 Å². The van der Waals surface area contributed by atoms with Gasteiger partial charge in [0.25, 0.3) is 0 Å². The van der Waals surface area contributed by atoms with Crippen LogP contribution in [0.3, 0.4) is 0 Å². The molecular weight excluding hydrogens is 184 g/mol. The second-order valence-corrected chi connectivity index (χ2v) is 3.43. The number of aliphatic carboxylic acids is 1. The van der Waals surface area contributed by atoms with Crippen LogP contribution in [0.1, 0.15) is 33.6 Å². The molecule has 0 spiro atoms. The molecule has 0 amide bonds. The zero-order valence-corrected chi connectivity index (χ0v) is 8.82. The van der Waals surface area contributed by atoms with Crippen LogP contribution in [0.2, 0.25) is 0 Å². The predicted molar refractivity (Wildman–Crippen MR) is 52.9 cm³/mol. The number of aliphatic hydroxyl groups is 2. The van der Waals surface area contributed by atoms with E-state index in [1.165, 1.54) is 6.92 Å². The Hall–Kier alpha value is -0.870. The number of carboxylic acids is 1. The molecule has 0 aliphatic carbocycles. The Morgan fingerprint density at radius 3 is 2.14 bits per heavy atom. The Bertz CT molecular complexity index is 232. The van der Waals surface area contributed by atoms with E-state index >= 15 is 0 Å². The molecular formula is C10H18O4. The SMILES string of the molecule is CCC(O)CC(O)C(C)=C(C)C(=O)O. The summed E-state index contributed by atoms with van der Waals surface area (Å²) in [6.45, 7) is 4.82. The van der Waals surface area contributed by atoms with Gasteiger partial charge in [-0.3, -0.25) is 0 Å². The molecule has 0 bridgehead atoms. The highest BCUT2D eigenvalue weighted by Crippen LogP contribution is 2.14. The van der Waals surface area contributed by atoms with E-state index in [1.807, 2.05) is 0 Å². The maximum Gasteiger partial charge on any atom is 0.331 e. The Balaban J connectivity index is 4.45. The van der Waals surface area contributed by atoms with E-state index in [1.54, 1.807) is 13.8 Å². The van der Waals surface area contributed by atoms with E-state index < -0.39 is 18.2 Å². The summed E-state index contributed by atoms with van der Waals surface area (Å²) in [6.07, 6.45) is -0.716. The molecule has 0 radical (unpaired) electrons. The molecule has 0 saturated carbocycles. The number of carbonyl (C=O) groups is 1. The van der Waals surface area contributed by atoms with Crippen molar-refractivity contribution in [3.8, 4) is 0 Å². The average molecular weight is 202 g/mol. The van der Waals surface area contributed by atoms with Crippen LogP contribution < -0.4 is 0 Å². The first kappa shape index (κ1) is 13.1. The molecule has 2 atom stereocenters. The van der Waals surface area contributed by atoms with Crippen LogP contribution >= 0.6 is 0 Å². The lowest BCUT2D eigenvalue weighted by Gasteiger charge is -2.16. The van der Waals surface area contributed by atoms with Crippen LogP contribution in [0.25, 0.3) is 0 Å². The van der Waals surface area contributed by atoms with E-state index in [9.17, 15) is 15.0 Å². The third-order valence-electron chi connectivity index (χ3n) is 2.38. The van der Waals surface area contributed by atoms with E-state index in [-0.39, 0.29) is 12.0 Å². The van der Waals surface area contributed by atoms with E-state index in [0.717, 1.165) is 0 Å². The van der Waals surface area contributed by atoms with Crippen LogP contribution in [0.5, 0.6) is 0 Å². The monoisotopic (exact) mass is 202 g/mol. The fourth-order valence-corrected chi connectivity index (χ4v) is 1.02. The van der Waals surface area contributed by atoms with Gasteiger partial charge in [-0.1, -0.05) is 6.92 Å². The minimum Gasteiger partial charge on any atom is -0.478 e. The van der Waals surface area contributed by atoms with Crippen molar-refractivity contribution in [2.24, 2.45) is 0 Å². The third-order valence-corrected chi connectivity index (χ3v) is 2.38. The lowest BCUT2D eigenvalue weighted by molar-refractivity contribution is -0.132. The molecule has 0 aliphatic rings. The molecule has 0 aliphatic heterocycles. The van der Waals surface area contributed by atoms with Gasteiger partial charge in [0.1, 0.15) is 0 Å². The minimum atomic E-state index is -1.03. The normalized spacial score (nSPS) is 17.2. The van der Waals surface area contributed by atoms with Crippen molar-refractivity contribution in [1.29, 1.82) is 0 Å². The Kier molecular flexibility index (Phi) is 5.42. The predicted octanol–water partition coefficient (Wildman–Crippen LogP) is 0.929. The smallest absolute Gasteiger partial charge is 0.331 e. The summed E-state index contributed by atoms with van der Waals surface area (Å²) in [4.78, 5) is 10.6. The summed E-state index contributed by atoms with van der Waals surface area (Å²) in [5, 5.41) is 27.5. The highest BCUT2D eigenvalue weighted by molar-refractivity contribution is 5.86. The van der Waals surface area contributed by atoms with Crippen molar-refractivity contribution in [2.45, 2.75) is 45.8 Å². The van der Waals surface area contributed by atoms with E-state index in [2.05, 4.69) is 0 Å². The summed E-state index contributed by atoms with van der Waals surface area (Å²) < 4.78 is 0. The third kappa shape index (κ3) is 3.89. The second-order valence-electron chi connectivity index (χ2n) is 3.43. The molecule has 0 heterocycles. The van der Waals surface area contributed by atoms with Gasteiger partial charge in [-0.15, -0.1) is 0 Å². The van der Waals surface area contributed by atoms with Crippen molar-refractivity contribution in [3.05, 3.63) is 11.1 Å².